The molecule has 6 aromatic carbocycles. The Bertz CT molecular complexity index is 2390. The van der Waals surface area contributed by atoms with Crippen LogP contribution in [-0.2, 0) is 28.4 Å². The zero-order valence-corrected chi connectivity index (χ0v) is 41.6. The van der Waals surface area contributed by atoms with Crippen LogP contribution in [0.25, 0.3) is 56.7 Å². The molecule has 0 bridgehead atoms. The van der Waals surface area contributed by atoms with Gasteiger partial charge in [0.25, 0.3) is 0 Å². The van der Waals surface area contributed by atoms with E-state index in [9.17, 15) is 0 Å². The van der Waals surface area contributed by atoms with Crippen molar-refractivity contribution in [2.24, 2.45) is 0 Å². The number of benzene rings is 6. The van der Waals surface area contributed by atoms with Crippen LogP contribution in [0.15, 0.2) is 145 Å². The summed E-state index contributed by atoms with van der Waals surface area (Å²) in [5, 5.41) is 0. The van der Waals surface area contributed by atoms with Crippen LogP contribution in [0.4, 0.5) is 0 Å². The SMILES string of the molecule is CCCCC1=Cc2c(ccc(-c3ccccc3)c2-c2ccccc2CC)[CH]1[Zr]([Cl])([Cl])([CH]1C(CCCC)=Cc2c1ccc(-c1ccccc1)c2-c1ccccc1CC)[SiH](C)C. The number of rotatable bonds is 15. The molecule has 6 aromatic rings. The molecule has 0 nitrogen and oxygen atoms in total. The fraction of sp³-hybridized carbons (Fsp3) is 0.286. The quantitative estimate of drug-likeness (QED) is 0.0901. The molecule has 0 fully saturated rings. The summed E-state index contributed by atoms with van der Waals surface area (Å²) in [7, 11) is 18.3. The van der Waals surface area contributed by atoms with E-state index in [-0.39, 0.29) is 7.25 Å². The van der Waals surface area contributed by atoms with Crippen LogP contribution in [0.5, 0.6) is 0 Å². The van der Waals surface area contributed by atoms with E-state index in [1.807, 2.05) is 0 Å². The monoisotopic (exact) mass is 921 g/mol. The standard InChI is InChI=1S/2C27H27.C2H7Si.2ClH.Zr/c2*1-3-5-11-20-18-23-16-17-25(22-13-7-6-8-14-22)27(26(23)19-20)24-15-10-9-12-21(24)4-2;1-3-2;;;/h2*6-10,12-19H,3-5,11H2,1-2H3;3H,1-2H3;2*1H;/q;;;;;+2/p-2. The van der Waals surface area contributed by atoms with Gasteiger partial charge < -0.3 is 0 Å². The first kappa shape index (κ1) is 43.1. The van der Waals surface area contributed by atoms with Crippen LogP contribution in [0.1, 0.15) is 107 Å². The van der Waals surface area contributed by atoms with Crippen LogP contribution in [0, 0.1) is 0 Å². The Morgan fingerprint density at radius 3 is 1.22 bits per heavy atom. The molecule has 2 aliphatic carbocycles. The molecule has 4 heteroatoms. The molecule has 0 heterocycles. The predicted molar refractivity (Wildman–Crippen MR) is 264 cm³/mol. The van der Waals surface area contributed by atoms with E-state index in [1.165, 1.54) is 89.0 Å². The first-order chi connectivity index (χ1) is 29.2. The van der Waals surface area contributed by atoms with Gasteiger partial charge in [0, 0.05) is 0 Å². The van der Waals surface area contributed by atoms with E-state index in [1.54, 1.807) is 0 Å². The number of unbranched alkanes of at least 4 members (excludes halogenated alkanes) is 2. The molecule has 8 rings (SSSR count). The molecule has 2 aliphatic rings. The van der Waals surface area contributed by atoms with Crippen LogP contribution in [0.3, 0.4) is 0 Å². The van der Waals surface area contributed by atoms with Crippen molar-refractivity contribution in [1.29, 1.82) is 0 Å². The number of hydrogen-bond donors (Lipinski definition) is 0. The molecule has 0 aromatic heterocycles. The van der Waals surface area contributed by atoms with Gasteiger partial charge >= 0.3 is 373 Å². The van der Waals surface area contributed by atoms with Gasteiger partial charge in [-0.05, 0) is 0 Å². The van der Waals surface area contributed by atoms with E-state index in [2.05, 4.69) is 186 Å². The van der Waals surface area contributed by atoms with Crippen molar-refractivity contribution in [3.8, 4) is 44.5 Å². The molecule has 307 valence electrons. The summed E-state index contributed by atoms with van der Waals surface area (Å²) in [5.74, 6) is -1.78. The maximum absolute atomic E-state index is 9.13. The Morgan fingerprint density at radius 1 is 0.467 bits per heavy atom. The Hall–Kier alpha value is -3.52. The van der Waals surface area contributed by atoms with Crippen molar-refractivity contribution in [3.63, 3.8) is 0 Å². The third kappa shape index (κ3) is 7.46. The Labute approximate surface area is 369 Å². The zero-order chi connectivity index (χ0) is 42.0. The molecular weight excluding hydrogens is 863 g/mol. The summed E-state index contributed by atoms with van der Waals surface area (Å²) in [4.78, 5) is 0. The Morgan fingerprint density at radius 2 is 0.850 bits per heavy atom. The van der Waals surface area contributed by atoms with E-state index < -0.39 is 21.5 Å². The van der Waals surface area contributed by atoms with Gasteiger partial charge in [-0.15, -0.1) is 0 Å². The topological polar surface area (TPSA) is 0 Å². The number of hydrogen-bond acceptors (Lipinski definition) is 0. The molecule has 0 radical (unpaired) electrons. The average Bonchev–Trinajstić information content (AvgIpc) is 3.87. The predicted octanol–water partition coefficient (Wildman–Crippen LogP) is 17.4. The van der Waals surface area contributed by atoms with Gasteiger partial charge in [-0.25, -0.2) is 0 Å². The minimum atomic E-state index is -5.12. The molecule has 0 amide bonds. The fourth-order valence-electron chi connectivity index (χ4n) is 10.8. The Balaban J connectivity index is 1.43. The number of allylic oxidation sites excluding steroid dienone is 2. The molecule has 0 saturated carbocycles. The van der Waals surface area contributed by atoms with Gasteiger partial charge in [0.05, 0.1) is 0 Å². The maximum atomic E-state index is 9.13. The molecule has 0 spiro atoms. The van der Waals surface area contributed by atoms with Gasteiger partial charge in [-0.2, -0.15) is 0 Å². The summed E-state index contributed by atoms with van der Waals surface area (Å²) < 4.78 is 0.0861. The van der Waals surface area contributed by atoms with Gasteiger partial charge in [-0.3, -0.25) is 0 Å². The first-order valence-electron chi connectivity index (χ1n) is 22.7. The van der Waals surface area contributed by atoms with Crippen molar-refractivity contribution in [3.05, 3.63) is 178 Å². The van der Waals surface area contributed by atoms with Gasteiger partial charge in [-0.1, -0.05) is 0 Å². The number of aryl methyl sites for hydroxylation is 2. The van der Waals surface area contributed by atoms with Crippen molar-refractivity contribution in [2.75, 3.05) is 0 Å². The average molecular weight is 924 g/mol. The third-order valence-electron chi connectivity index (χ3n) is 13.9. The van der Waals surface area contributed by atoms with E-state index in [0.29, 0.717) is 0 Å². The first-order valence-corrected chi connectivity index (χ1v) is 39.1. The second-order valence-electron chi connectivity index (χ2n) is 17.6. The summed E-state index contributed by atoms with van der Waals surface area (Å²) >= 11 is -5.12. The molecule has 0 N–H and O–H groups in total. The van der Waals surface area contributed by atoms with Crippen molar-refractivity contribution >= 4 is 35.1 Å². The summed E-state index contributed by atoms with van der Waals surface area (Å²) in [6, 6.07) is 49.8. The minimum absolute atomic E-state index is 0.0431. The molecular formula is C56H61Cl2SiZr. The number of halogens is 2. The van der Waals surface area contributed by atoms with Crippen LogP contribution in [0.2, 0.25) is 13.1 Å². The fourth-order valence-corrected chi connectivity index (χ4v) is 42.3. The van der Waals surface area contributed by atoms with Crippen LogP contribution >= 0.6 is 17.0 Å². The number of fused-ring (bicyclic) bond motifs is 2. The molecule has 0 aliphatic heterocycles. The normalized spacial score (nSPS) is 16.6. The zero-order valence-electron chi connectivity index (χ0n) is 36.5. The second kappa shape index (κ2) is 18.1. The van der Waals surface area contributed by atoms with Crippen molar-refractivity contribution in [1.82, 2.24) is 0 Å². The van der Waals surface area contributed by atoms with E-state index >= 15 is 0 Å². The summed E-state index contributed by atoms with van der Waals surface area (Å²) in [6.45, 7) is 14.2. The van der Waals surface area contributed by atoms with Gasteiger partial charge in [0.2, 0.25) is 0 Å². The molecule has 60 heavy (non-hydrogen) atoms. The second-order valence-corrected chi connectivity index (χ2v) is 60.1. The Kier molecular flexibility index (Phi) is 13.0. The van der Waals surface area contributed by atoms with Crippen molar-refractivity contribution < 1.29 is 15.6 Å². The van der Waals surface area contributed by atoms with Gasteiger partial charge in [0.15, 0.2) is 0 Å². The molecule has 2 atom stereocenters. The molecule has 0 saturated heterocycles. The summed E-state index contributed by atoms with van der Waals surface area (Å²) in [6.07, 6.45) is 13.7. The van der Waals surface area contributed by atoms with Crippen molar-refractivity contribution in [2.45, 2.75) is 99.4 Å². The third-order valence-corrected chi connectivity index (χ3v) is 65.8. The van der Waals surface area contributed by atoms with E-state index in [0.717, 1.165) is 51.4 Å². The van der Waals surface area contributed by atoms with Gasteiger partial charge in [0.1, 0.15) is 0 Å². The van der Waals surface area contributed by atoms with Crippen LogP contribution in [-0.4, -0.2) is 5.92 Å². The van der Waals surface area contributed by atoms with E-state index in [4.69, 9.17) is 17.0 Å². The van der Waals surface area contributed by atoms with Crippen LogP contribution < -0.4 is 0 Å². The summed E-state index contributed by atoms with van der Waals surface area (Å²) in [5.41, 5.74) is 21.5. The molecule has 2 unspecified atom stereocenters.